The van der Waals surface area contributed by atoms with Gasteiger partial charge in [0.25, 0.3) is 0 Å². The van der Waals surface area contributed by atoms with E-state index >= 15 is 0 Å². The van der Waals surface area contributed by atoms with E-state index < -0.39 is 0 Å². The maximum Gasteiger partial charge on any atom is 0.0317 e. The topological polar surface area (TPSA) is 29.3 Å². The Morgan fingerprint density at radius 3 is 2.64 bits per heavy atom. The Morgan fingerprint density at radius 2 is 2.07 bits per heavy atom. The van der Waals surface area contributed by atoms with E-state index in [2.05, 4.69) is 32.0 Å². The zero-order valence-electron chi connectivity index (χ0n) is 9.08. The molecule has 0 saturated carbocycles. The van der Waals surface area contributed by atoms with Crippen molar-refractivity contribution in [1.82, 2.24) is 4.90 Å². The van der Waals surface area contributed by atoms with Crippen molar-refractivity contribution in [3.8, 4) is 0 Å². The van der Waals surface area contributed by atoms with Gasteiger partial charge in [0.05, 0.1) is 0 Å². The summed E-state index contributed by atoms with van der Waals surface area (Å²) in [5.41, 5.74) is 7.81. The number of aryl methyl sites for hydroxylation is 1. The third-order valence-electron chi connectivity index (χ3n) is 2.00. The van der Waals surface area contributed by atoms with Crippen molar-refractivity contribution in [3.05, 3.63) is 23.8 Å². The number of thioether (sulfide) groups is 1. The molecule has 0 aliphatic carbocycles. The molecule has 0 fully saturated rings. The van der Waals surface area contributed by atoms with Gasteiger partial charge in [0.15, 0.2) is 0 Å². The van der Waals surface area contributed by atoms with Crippen molar-refractivity contribution in [3.63, 3.8) is 0 Å². The van der Waals surface area contributed by atoms with E-state index in [1.54, 1.807) is 0 Å². The highest BCUT2D eigenvalue weighted by Crippen LogP contribution is 2.23. The molecule has 0 aromatic heterocycles. The van der Waals surface area contributed by atoms with E-state index in [-0.39, 0.29) is 0 Å². The van der Waals surface area contributed by atoms with Crippen molar-refractivity contribution < 1.29 is 0 Å². The van der Waals surface area contributed by atoms with Crippen LogP contribution in [-0.2, 0) is 0 Å². The second-order valence-electron chi connectivity index (χ2n) is 3.68. The average molecular weight is 210 g/mol. The molecule has 0 saturated heterocycles. The van der Waals surface area contributed by atoms with Crippen LogP contribution in [0.25, 0.3) is 0 Å². The molecule has 0 atom stereocenters. The van der Waals surface area contributed by atoms with E-state index in [0.29, 0.717) is 0 Å². The van der Waals surface area contributed by atoms with Crippen molar-refractivity contribution in [2.45, 2.75) is 11.8 Å². The molecule has 1 rings (SSSR count). The highest BCUT2D eigenvalue weighted by atomic mass is 32.2. The zero-order chi connectivity index (χ0) is 10.6. The Hall–Kier alpha value is -0.670. The van der Waals surface area contributed by atoms with Gasteiger partial charge in [-0.1, -0.05) is 0 Å². The first-order valence-corrected chi connectivity index (χ1v) is 5.72. The summed E-state index contributed by atoms with van der Waals surface area (Å²) in [5, 5.41) is 0. The van der Waals surface area contributed by atoms with Crippen LogP contribution in [0.2, 0.25) is 0 Å². The quantitative estimate of drug-likeness (QED) is 0.610. The van der Waals surface area contributed by atoms with Gasteiger partial charge in [-0.3, -0.25) is 0 Å². The zero-order valence-corrected chi connectivity index (χ0v) is 9.90. The van der Waals surface area contributed by atoms with Gasteiger partial charge in [-0.05, 0) is 44.8 Å². The SMILES string of the molecule is Cc1cc(N)ccc1SCCN(C)C. The Labute approximate surface area is 90.5 Å². The van der Waals surface area contributed by atoms with Gasteiger partial charge in [0.1, 0.15) is 0 Å². The van der Waals surface area contributed by atoms with Crippen LogP contribution >= 0.6 is 11.8 Å². The monoisotopic (exact) mass is 210 g/mol. The summed E-state index contributed by atoms with van der Waals surface area (Å²) in [6, 6.07) is 6.09. The molecule has 0 amide bonds. The van der Waals surface area contributed by atoms with Gasteiger partial charge in [0, 0.05) is 22.9 Å². The molecule has 0 heterocycles. The van der Waals surface area contributed by atoms with Crippen molar-refractivity contribution in [2.75, 3.05) is 32.1 Å². The molecule has 78 valence electrons. The Kier molecular flexibility index (Phi) is 4.29. The van der Waals surface area contributed by atoms with Crippen LogP contribution in [-0.4, -0.2) is 31.3 Å². The molecule has 2 nitrogen and oxygen atoms in total. The molecule has 1 aromatic rings. The molecule has 0 radical (unpaired) electrons. The predicted octanol–water partition coefficient (Wildman–Crippen LogP) is 2.23. The fourth-order valence-electron chi connectivity index (χ4n) is 1.17. The average Bonchev–Trinajstić information content (AvgIpc) is 2.08. The molecule has 0 unspecified atom stereocenters. The summed E-state index contributed by atoms with van der Waals surface area (Å²) >= 11 is 1.89. The van der Waals surface area contributed by atoms with Crippen LogP contribution in [0.15, 0.2) is 23.1 Å². The van der Waals surface area contributed by atoms with Crippen LogP contribution in [0.5, 0.6) is 0 Å². The van der Waals surface area contributed by atoms with Gasteiger partial charge < -0.3 is 10.6 Å². The number of nitrogen functional groups attached to an aromatic ring is 1. The number of hydrogen-bond acceptors (Lipinski definition) is 3. The lowest BCUT2D eigenvalue weighted by molar-refractivity contribution is 0.437. The minimum absolute atomic E-state index is 0.847. The predicted molar refractivity (Wildman–Crippen MR) is 64.9 cm³/mol. The maximum atomic E-state index is 5.69. The van der Waals surface area contributed by atoms with Gasteiger partial charge in [-0.2, -0.15) is 0 Å². The third-order valence-corrected chi connectivity index (χ3v) is 3.15. The van der Waals surface area contributed by atoms with Crippen LogP contribution < -0.4 is 5.73 Å². The summed E-state index contributed by atoms with van der Waals surface area (Å²) in [6.45, 7) is 3.21. The van der Waals surface area contributed by atoms with Gasteiger partial charge in [-0.25, -0.2) is 0 Å². The third kappa shape index (κ3) is 3.60. The minimum Gasteiger partial charge on any atom is -0.399 e. The normalized spacial score (nSPS) is 10.9. The van der Waals surface area contributed by atoms with E-state index in [1.165, 1.54) is 10.5 Å². The second-order valence-corrected chi connectivity index (χ2v) is 4.81. The van der Waals surface area contributed by atoms with Crippen LogP contribution in [0.1, 0.15) is 5.56 Å². The first-order chi connectivity index (χ1) is 6.59. The standard InChI is InChI=1S/C11H18N2S/c1-9-8-10(12)4-5-11(9)14-7-6-13(2)3/h4-5,8H,6-7,12H2,1-3H3. The number of benzene rings is 1. The highest BCUT2D eigenvalue weighted by molar-refractivity contribution is 7.99. The van der Waals surface area contributed by atoms with Gasteiger partial charge in [0.2, 0.25) is 0 Å². The Morgan fingerprint density at radius 1 is 1.36 bits per heavy atom. The molecule has 2 N–H and O–H groups in total. The van der Waals surface area contributed by atoms with Gasteiger partial charge >= 0.3 is 0 Å². The van der Waals surface area contributed by atoms with Crippen molar-refractivity contribution >= 4 is 17.4 Å². The van der Waals surface area contributed by atoms with E-state index in [1.807, 2.05) is 23.9 Å². The lowest BCUT2D eigenvalue weighted by Crippen LogP contribution is -2.14. The smallest absolute Gasteiger partial charge is 0.0317 e. The first kappa shape index (κ1) is 11.4. The minimum atomic E-state index is 0.847. The molecule has 14 heavy (non-hydrogen) atoms. The molecule has 3 heteroatoms. The summed E-state index contributed by atoms with van der Waals surface area (Å²) in [6.07, 6.45) is 0. The number of nitrogens with zero attached hydrogens (tertiary/aromatic N) is 1. The number of anilines is 1. The molecule has 0 aliphatic heterocycles. The number of nitrogens with two attached hydrogens (primary N) is 1. The summed E-state index contributed by atoms with van der Waals surface area (Å²) in [4.78, 5) is 3.53. The van der Waals surface area contributed by atoms with E-state index in [4.69, 9.17) is 5.73 Å². The number of hydrogen-bond donors (Lipinski definition) is 1. The molecular formula is C11H18N2S. The van der Waals surface area contributed by atoms with Crippen LogP contribution in [0, 0.1) is 6.92 Å². The Bertz CT molecular complexity index is 297. The fraction of sp³-hybridized carbons (Fsp3) is 0.455. The Balaban J connectivity index is 2.51. The summed E-state index contributed by atoms with van der Waals surface area (Å²) < 4.78 is 0. The molecule has 0 aliphatic rings. The lowest BCUT2D eigenvalue weighted by Gasteiger charge is -2.10. The van der Waals surface area contributed by atoms with Crippen LogP contribution in [0.4, 0.5) is 5.69 Å². The fourth-order valence-corrected chi connectivity index (χ4v) is 2.30. The molecule has 0 spiro atoms. The van der Waals surface area contributed by atoms with Crippen molar-refractivity contribution in [2.24, 2.45) is 0 Å². The van der Waals surface area contributed by atoms with E-state index in [9.17, 15) is 0 Å². The van der Waals surface area contributed by atoms with Crippen molar-refractivity contribution in [1.29, 1.82) is 0 Å². The van der Waals surface area contributed by atoms with Gasteiger partial charge in [-0.15, -0.1) is 11.8 Å². The first-order valence-electron chi connectivity index (χ1n) is 4.73. The largest absolute Gasteiger partial charge is 0.399 e. The van der Waals surface area contributed by atoms with E-state index in [0.717, 1.165) is 18.0 Å². The van der Waals surface area contributed by atoms with Crippen LogP contribution in [0.3, 0.4) is 0 Å². The summed E-state index contributed by atoms with van der Waals surface area (Å²) in [5.74, 6) is 1.12. The maximum absolute atomic E-state index is 5.69. The second kappa shape index (κ2) is 5.27. The molecule has 1 aromatic carbocycles. The number of rotatable bonds is 4. The molecular weight excluding hydrogens is 192 g/mol. The highest BCUT2D eigenvalue weighted by Gasteiger charge is 1.99. The lowest BCUT2D eigenvalue weighted by atomic mass is 10.2. The molecule has 0 bridgehead atoms. The summed E-state index contributed by atoms with van der Waals surface area (Å²) in [7, 11) is 4.19.